The van der Waals surface area contributed by atoms with Crippen molar-refractivity contribution in [3.05, 3.63) is 30.5 Å². The van der Waals surface area contributed by atoms with Crippen LogP contribution >= 0.6 is 0 Å². The molecule has 1 aromatic carbocycles. The maximum absolute atomic E-state index is 12.2. The Morgan fingerprint density at radius 2 is 2.05 bits per heavy atom. The molecule has 1 aromatic heterocycles. The van der Waals surface area contributed by atoms with E-state index in [1.807, 2.05) is 4.72 Å². The SMILES string of the molecule is Nc1ccc(S(=O)(=O)NCC(O)C(F)F)c2ncccc12. The highest BCUT2D eigenvalue weighted by atomic mass is 32.2. The highest BCUT2D eigenvalue weighted by Gasteiger charge is 2.23. The largest absolute Gasteiger partial charge is 0.398 e. The number of pyridine rings is 1. The fourth-order valence-electron chi connectivity index (χ4n) is 1.75. The number of hydrogen-bond donors (Lipinski definition) is 3. The topological polar surface area (TPSA) is 105 Å². The summed E-state index contributed by atoms with van der Waals surface area (Å²) in [5, 5.41) is 9.42. The Kier molecular flexibility index (Phi) is 4.35. The number of aliphatic hydroxyl groups is 1. The van der Waals surface area contributed by atoms with Crippen LogP contribution in [0.1, 0.15) is 0 Å². The summed E-state index contributed by atoms with van der Waals surface area (Å²) >= 11 is 0. The van der Waals surface area contributed by atoms with Crippen LogP contribution in [0.15, 0.2) is 35.4 Å². The van der Waals surface area contributed by atoms with Crippen LogP contribution in [0, 0.1) is 0 Å². The molecule has 6 nitrogen and oxygen atoms in total. The number of rotatable bonds is 5. The first-order valence-electron chi connectivity index (χ1n) is 5.92. The molecular formula is C12H13F2N3O3S. The van der Waals surface area contributed by atoms with Gasteiger partial charge in [-0.1, -0.05) is 0 Å². The van der Waals surface area contributed by atoms with Gasteiger partial charge >= 0.3 is 0 Å². The average Bonchev–Trinajstić information content (AvgIpc) is 2.45. The minimum absolute atomic E-state index is 0.136. The zero-order valence-corrected chi connectivity index (χ0v) is 11.5. The number of nitrogen functional groups attached to an aromatic ring is 1. The van der Waals surface area contributed by atoms with Crippen LogP contribution in [0.4, 0.5) is 14.5 Å². The molecule has 9 heteroatoms. The third-order valence-corrected chi connectivity index (χ3v) is 4.28. The predicted molar refractivity (Wildman–Crippen MR) is 73.4 cm³/mol. The van der Waals surface area contributed by atoms with Gasteiger partial charge in [-0.25, -0.2) is 21.9 Å². The highest BCUT2D eigenvalue weighted by molar-refractivity contribution is 7.89. The summed E-state index contributed by atoms with van der Waals surface area (Å²) in [6.45, 7) is -0.793. The van der Waals surface area contributed by atoms with Crippen molar-refractivity contribution in [1.82, 2.24) is 9.71 Å². The number of benzene rings is 1. The van der Waals surface area contributed by atoms with Gasteiger partial charge in [-0.3, -0.25) is 4.98 Å². The number of hydrogen-bond acceptors (Lipinski definition) is 5. The minimum Gasteiger partial charge on any atom is -0.398 e. The molecule has 0 aliphatic heterocycles. The lowest BCUT2D eigenvalue weighted by molar-refractivity contribution is -0.000449. The maximum Gasteiger partial charge on any atom is 0.265 e. The zero-order valence-electron chi connectivity index (χ0n) is 10.7. The van der Waals surface area contributed by atoms with Crippen molar-refractivity contribution in [3.63, 3.8) is 0 Å². The van der Waals surface area contributed by atoms with Crippen LogP contribution in [-0.4, -0.2) is 37.6 Å². The lowest BCUT2D eigenvalue weighted by Crippen LogP contribution is -2.35. The molecule has 0 amide bonds. The van der Waals surface area contributed by atoms with Crippen LogP contribution in [-0.2, 0) is 10.0 Å². The van der Waals surface area contributed by atoms with Gasteiger partial charge in [0.1, 0.15) is 11.0 Å². The quantitative estimate of drug-likeness (QED) is 0.705. The van der Waals surface area contributed by atoms with E-state index in [1.165, 1.54) is 18.3 Å². The second kappa shape index (κ2) is 5.88. The Balaban J connectivity index is 2.39. The lowest BCUT2D eigenvalue weighted by atomic mass is 10.2. The summed E-state index contributed by atoms with van der Waals surface area (Å²) in [4.78, 5) is 3.77. The number of nitrogens with zero attached hydrogens (tertiary/aromatic N) is 1. The molecule has 1 heterocycles. The van der Waals surface area contributed by atoms with E-state index in [4.69, 9.17) is 10.8 Å². The van der Waals surface area contributed by atoms with E-state index in [0.717, 1.165) is 0 Å². The standard InChI is InChI=1S/C12H13F2N3O3S/c13-12(14)9(18)6-17-21(19,20)10-4-3-8(15)7-2-1-5-16-11(7)10/h1-5,9,12,17-18H,6,15H2. The third-order valence-electron chi connectivity index (χ3n) is 2.83. The normalized spacial score (nSPS) is 13.7. The number of alkyl halides is 2. The molecule has 2 aromatic rings. The predicted octanol–water partition coefficient (Wildman–Crippen LogP) is 0.721. The molecule has 2 rings (SSSR count). The smallest absolute Gasteiger partial charge is 0.265 e. The third kappa shape index (κ3) is 3.26. The molecule has 0 aliphatic rings. The van der Waals surface area contributed by atoms with Gasteiger partial charge in [0.05, 0.1) is 5.52 Å². The molecule has 1 unspecified atom stereocenters. The van der Waals surface area contributed by atoms with Crippen molar-refractivity contribution in [2.24, 2.45) is 0 Å². The van der Waals surface area contributed by atoms with Crippen molar-refractivity contribution >= 4 is 26.6 Å². The molecule has 0 fully saturated rings. The van der Waals surface area contributed by atoms with Gasteiger partial charge in [0.15, 0.2) is 0 Å². The summed E-state index contributed by atoms with van der Waals surface area (Å²) < 4.78 is 50.6. The maximum atomic E-state index is 12.2. The number of fused-ring (bicyclic) bond motifs is 1. The van der Waals surface area contributed by atoms with Crippen molar-refractivity contribution in [2.75, 3.05) is 12.3 Å². The molecule has 114 valence electrons. The number of anilines is 1. The molecule has 0 bridgehead atoms. The van der Waals surface area contributed by atoms with E-state index in [1.54, 1.807) is 12.1 Å². The molecule has 4 N–H and O–H groups in total. The van der Waals surface area contributed by atoms with E-state index in [9.17, 15) is 17.2 Å². The number of aliphatic hydroxyl groups excluding tert-OH is 1. The van der Waals surface area contributed by atoms with Gasteiger partial charge in [-0.2, -0.15) is 0 Å². The van der Waals surface area contributed by atoms with E-state index in [-0.39, 0.29) is 10.4 Å². The van der Waals surface area contributed by atoms with Crippen LogP contribution in [0.3, 0.4) is 0 Å². The minimum atomic E-state index is -4.09. The zero-order chi connectivity index (χ0) is 15.6. The monoisotopic (exact) mass is 317 g/mol. The molecule has 1 atom stereocenters. The van der Waals surface area contributed by atoms with Gasteiger partial charge in [0.25, 0.3) is 6.43 Å². The molecule has 0 spiro atoms. The van der Waals surface area contributed by atoms with Crippen LogP contribution in [0.25, 0.3) is 10.9 Å². The van der Waals surface area contributed by atoms with Gasteiger partial charge in [-0.05, 0) is 24.3 Å². The van der Waals surface area contributed by atoms with E-state index >= 15 is 0 Å². The summed E-state index contributed by atoms with van der Waals surface area (Å²) in [5.74, 6) is 0. The van der Waals surface area contributed by atoms with Crippen molar-refractivity contribution < 1.29 is 22.3 Å². The summed E-state index contributed by atoms with van der Waals surface area (Å²) in [6, 6.07) is 5.83. The first-order valence-corrected chi connectivity index (χ1v) is 7.40. The van der Waals surface area contributed by atoms with Crippen LogP contribution < -0.4 is 10.5 Å². The van der Waals surface area contributed by atoms with Crippen LogP contribution in [0.5, 0.6) is 0 Å². The number of sulfonamides is 1. The molecule has 0 saturated heterocycles. The van der Waals surface area contributed by atoms with Gasteiger partial charge in [0.2, 0.25) is 10.0 Å². The summed E-state index contributed by atoms with van der Waals surface area (Å²) in [5.41, 5.74) is 6.22. The Bertz CT molecular complexity index is 752. The first kappa shape index (κ1) is 15.5. The molecule has 0 saturated carbocycles. The molecule has 0 radical (unpaired) electrons. The average molecular weight is 317 g/mol. The number of halogens is 2. The number of nitrogens with one attached hydrogen (secondary N) is 1. The Hall–Kier alpha value is -1.84. The van der Waals surface area contributed by atoms with Crippen molar-refractivity contribution in [2.45, 2.75) is 17.4 Å². The van der Waals surface area contributed by atoms with Crippen molar-refractivity contribution in [1.29, 1.82) is 0 Å². The first-order chi connectivity index (χ1) is 9.83. The van der Waals surface area contributed by atoms with Gasteiger partial charge < -0.3 is 10.8 Å². The Labute approximate surface area is 119 Å². The van der Waals surface area contributed by atoms with Gasteiger partial charge in [-0.15, -0.1) is 0 Å². The van der Waals surface area contributed by atoms with Gasteiger partial charge in [0, 0.05) is 23.8 Å². The second-order valence-electron chi connectivity index (χ2n) is 4.31. The van der Waals surface area contributed by atoms with E-state index in [0.29, 0.717) is 11.1 Å². The fraction of sp³-hybridized carbons (Fsp3) is 0.250. The Morgan fingerprint density at radius 1 is 1.33 bits per heavy atom. The van der Waals surface area contributed by atoms with E-state index < -0.39 is 29.1 Å². The Morgan fingerprint density at radius 3 is 2.71 bits per heavy atom. The summed E-state index contributed by atoms with van der Waals surface area (Å²) in [7, 11) is -4.09. The van der Waals surface area contributed by atoms with E-state index in [2.05, 4.69) is 4.98 Å². The number of aromatic nitrogens is 1. The summed E-state index contributed by atoms with van der Waals surface area (Å²) in [6.07, 6.45) is -3.71. The lowest BCUT2D eigenvalue weighted by Gasteiger charge is -2.13. The number of nitrogens with two attached hydrogens (primary N) is 1. The second-order valence-corrected chi connectivity index (χ2v) is 6.04. The highest BCUT2D eigenvalue weighted by Crippen LogP contribution is 2.25. The molecule has 21 heavy (non-hydrogen) atoms. The van der Waals surface area contributed by atoms with Crippen molar-refractivity contribution in [3.8, 4) is 0 Å². The molecule has 0 aliphatic carbocycles. The molecular weight excluding hydrogens is 304 g/mol. The fourth-order valence-corrected chi connectivity index (χ4v) is 2.96. The van der Waals surface area contributed by atoms with Crippen LogP contribution in [0.2, 0.25) is 0 Å².